The Morgan fingerprint density at radius 1 is 0.882 bits per heavy atom. The number of benzene rings is 2. The van der Waals surface area contributed by atoms with Crippen LogP contribution in [-0.2, 0) is 12.8 Å². The van der Waals surface area contributed by atoms with Crippen LogP contribution in [0.25, 0.3) is 0 Å². The lowest BCUT2D eigenvalue weighted by Crippen LogP contribution is -2.49. The lowest BCUT2D eigenvalue weighted by molar-refractivity contribution is 0.280. The van der Waals surface area contributed by atoms with Crippen LogP contribution in [-0.4, -0.2) is 51.0 Å². The van der Waals surface area contributed by atoms with E-state index < -0.39 is 0 Å². The summed E-state index contributed by atoms with van der Waals surface area (Å²) in [6, 6.07) is 10.9. The van der Waals surface area contributed by atoms with E-state index in [0.29, 0.717) is 6.04 Å². The molecule has 34 heavy (non-hydrogen) atoms. The average Bonchev–Trinajstić information content (AvgIpc) is 2.88. The van der Waals surface area contributed by atoms with Crippen molar-refractivity contribution in [2.24, 2.45) is 0 Å². The van der Waals surface area contributed by atoms with E-state index in [1.54, 1.807) is 28.4 Å². The van der Waals surface area contributed by atoms with Gasteiger partial charge in [-0.25, -0.2) is 0 Å². The molecule has 1 fully saturated rings. The molecule has 1 heterocycles. The zero-order chi connectivity index (χ0) is 24.1. The molecule has 0 spiro atoms. The van der Waals surface area contributed by atoms with Crippen LogP contribution in [0.1, 0.15) is 54.8 Å². The number of nitrogens with one attached hydrogen (secondary N) is 1. The van der Waals surface area contributed by atoms with Crippen LogP contribution >= 0.6 is 12.2 Å². The zero-order valence-corrected chi connectivity index (χ0v) is 21.5. The molecule has 0 radical (unpaired) electrons. The predicted molar refractivity (Wildman–Crippen MR) is 139 cm³/mol. The molecule has 0 saturated heterocycles. The number of nitrogens with zero attached hydrogens (tertiary/aromatic N) is 1. The largest absolute Gasteiger partial charge is 0.493 e. The van der Waals surface area contributed by atoms with Gasteiger partial charge < -0.3 is 29.2 Å². The summed E-state index contributed by atoms with van der Waals surface area (Å²) in [6.45, 7) is 0.860. The molecule has 1 aliphatic carbocycles. The number of methoxy groups -OCH3 is 4. The summed E-state index contributed by atoms with van der Waals surface area (Å²) in [5, 5.41) is 4.53. The van der Waals surface area contributed by atoms with Gasteiger partial charge in [0.25, 0.3) is 0 Å². The third kappa shape index (κ3) is 5.19. The molecule has 4 rings (SSSR count). The van der Waals surface area contributed by atoms with Crippen LogP contribution in [0.4, 0.5) is 0 Å². The molecule has 2 aromatic carbocycles. The highest BCUT2D eigenvalue weighted by molar-refractivity contribution is 7.80. The SMILES string of the molecule is COc1ccc(CC2c3cc(OC)c(OC)cc3CCN2C(=S)NC2CCCCC2)cc1OC. The summed E-state index contributed by atoms with van der Waals surface area (Å²) in [4.78, 5) is 2.36. The number of thiocarbonyl (C=S) groups is 1. The summed E-state index contributed by atoms with van der Waals surface area (Å²) in [7, 11) is 6.70. The van der Waals surface area contributed by atoms with Gasteiger partial charge in [0.05, 0.1) is 34.5 Å². The topological polar surface area (TPSA) is 52.2 Å². The van der Waals surface area contributed by atoms with Gasteiger partial charge in [-0.3, -0.25) is 0 Å². The molecule has 2 aliphatic rings. The second kappa shape index (κ2) is 11.2. The quantitative estimate of drug-likeness (QED) is 0.551. The molecule has 1 N–H and O–H groups in total. The molecule has 6 nitrogen and oxygen atoms in total. The normalized spacial score (nSPS) is 18.1. The second-order valence-corrected chi connectivity index (χ2v) is 9.43. The van der Waals surface area contributed by atoms with E-state index in [0.717, 1.165) is 53.1 Å². The van der Waals surface area contributed by atoms with Gasteiger partial charge in [0.2, 0.25) is 0 Å². The van der Waals surface area contributed by atoms with E-state index in [9.17, 15) is 0 Å². The van der Waals surface area contributed by atoms with Gasteiger partial charge >= 0.3 is 0 Å². The van der Waals surface area contributed by atoms with E-state index in [1.807, 2.05) is 6.07 Å². The summed E-state index contributed by atoms with van der Waals surface area (Å²) in [5.74, 6) is 2.97. The van der Waals surface area contributed by atoms with Crippen molar-refractivity contribution in [2.75, 3.05) is 35.0 Å². The monoisotopic (exact) mass is 484 g/mol. The first-order valence-corrected chi connectivity index (χ1v) is 12.5. The van der Waals surface area contributed by atoms with Gasteiger partial charge in [-0.05, 0) is 78.9 Å². The highest BCUT2D eigenvalue weighted by Crippen LogP contribution is 2.40. The highest BCUT2D eigenvalue weighted by atomic mass is 32.1. The fraction of sp³-hybridized carbons (Fsp3) is 0.519. The maximum atomic E-state index is 5.99. The molecular formula is C27H36N2O4S. The molecule has 0 aromatic heterocycles. The van der Waals surface area contributed by atoms with Crippen molar-refractivity contribution in [3.63, 3.8) is 0 Å². The molecule has 0 amide bonds. The van der Waals surface area contributed by atoms with Crippen molar-refractivity contribution in [1.82, 2.24) is 10.2 Å². The average molecular weight is 485 g/mol. The zero-order valence-electron chi connectivity index (χ0n) is 20.7. The number of hydrogen-bond donors (Lipinski definition) is 1. The third-order valence-electron chi connectivity index (χ3n) is 7.07. The first kappa shape index (κ1) is 24.5. The number of hydrogen-bond acceptors (Lipinski definition) is 5. The molecule has 2 aromatic rings. The lowest BCUT2D eigenvalue weighted by Gasteiger charge is -2.41. The van der Waals surface area contributed by atoms with Crippen LogP contribution in [0.5, 0.6) is 23.0 Å². The summed E-state index contributed by atoms with van der Waals surface area (Å²) >= 11 is 5.99. The van der Waals surface area contributed by atoms with Crippen LogP contribution in [0.15, 0.2) is 30.3 Å². The van der Waals surface area contributed by atoms with E-state index in [-0.39, 0.29) is 6.04 Å². The van der Waals surface area contributed by atoms with Crippen molar-refractivity contribution in [1.29, 1.82) is 0 Å². The summed E-state index contributed by atoms with van der Waals surface area (Å²) < 4.78 is 22.2. The molecule has 0 bridgehead atoms. The van der Waals surface area contributed by atoms with Crippen LogP contribution < -0.4 is 24.3 Å². The van der Waals surface area contributed by atoms with Crippen molar-refractivity contribution >= 4 is 17.3 Å². The maximum absolute atomic E-state index is 5.99. The minimum atomic E-state index is 0.0743. The summed E-state index contributed by atoms with van der Waals surface area (Å²) in [5.41, 5.74) is 3.67. The Labute approximate surface area is 208 Å². The Morgan fingerprint density at radius 2 is 1.53 bits per heavy atom. The molecule has 7 heteroatoms. The van der Waals surface area contributed by atoms with Crippen molar-refractivity contribution in [3.8, 4) is 23.0 Å². The number of fused-ring (bicyclic) bond motifs is 1. The van der Waals surface area contributed by atoms with Crippen LogP contribution in [0.3, 0.4) is 0 Å². The molecular weight excluding hydrogens is 448 g/mol. The Balaban J connectivity index is 1.68. The maximum Gasteiger partial charge on any atom is 0.169 e. The van der Waals surface area contributed by atoms with Gasteiger partial charge in [-0.2, -0.15) is 0 Å². The molecule has 1 unspecified atom stereocenters. The van der Waals surface area contributed by atoms with E-state index >= 15 is 0 Å². The molecule has 184 valence electrons. The van der Waals surface area contributed by atoms with Crippen LogP contribution in [0.2, 0.25) is 0 Å². The van der Waals surface area contributed by atoms with Crippen molar-refractivity contribution < 1.29 is 18.9 Å². The first-order valence-electron chi connectivity index (χ1n) is 12.1. The van der Waals surface area contributed by atoms with Crippen LogP contribution in [0, 0.1) is 0 Å². The molecule has 1 atom stereocenters. The van der Waals surface area contributed by atoms with Crippen molar-refractivity contribution in [3.05, 3.63) is 47.0 Å². The van der Waals surface area contributed by atoms with Crippen molar-refractivity contribution in [2.45, 2.75) is 57.0 Å². The standard InChI is InChI=1S/C27H36N2O4S/c1-30-23-11-10-18(15-24(23)31-2)14-22-21-17-26(33-4)25(32-3)16-19(21)12-13-29(22)27(34)28-20-8-6-5-7-9-20/h10-11,15-17,20,22H,5-9,12-14H2,1-4H3,(H,28,34). The van der Waals surface area contributed by atoms with Gasteiger partial charge in [-0.1, -0.05) is 25.3 Å². The van der Waals surface area contributed by atoms with E-state index in [4.69, 9.17) is 31.2 Å². The van der Waals surface area contributed by atoms with Gasteiger partial charge in [0.15, 0.2) is 28.1 Å². The molecule has 1 aliphatic heterocycles. The van der Waals surface area contributed by atoms with E-state index in [1.165, 1.54) is 43.2 Å². The Kier molecular flexibility index (Phi) is 8.03. The summed E-state index contributed by atoms with van der Waals surface area (Å²) in [6.07, 6.45) is 7.95. The predicted octanol–water partition coefficient (Wildman–Crippen LogP) is 5.07. The second-order valence-electron chi connectivity index (χ2n) is 9.04. The van der Waals surface area contributed by atoms with Gasteiger partial charge in [-0.15, -0.1) is 0 Å². The first-order chi connectivity index (χ1) is 16.6. The fourth-order valence-corrected chi connectivity index (χ4v) is 5.61. The van der Waals surface area contributed by atoms with E-state index in [2.05, 4.69) is 34.5 Å². The van der Waals surface area contributed by atoms with Gasteiger partial charge in [0, 0.05) is 12.6 Å². The minimum Gasteiger partial charge on any atom is -0.493 e. The lowest BCUT2D eigenvalue weighted by atomic mass is 9.88. The number of ether oxygens (including phenoxy) is 4. The minimum absolute atomic E-state index is 0.0743. The Morgan fingerprint density at radius 3 is 2.21 bits per heavy atom. The third-order valence-corrected chi connectivity index (χ3v) is 7.43. The molecule has 1 saturated carbocycles. The Bertz CT molecular complexity index is 1010. The smallest absolute Gasteiger partial charge is 0.169 e. The highest BCUT2D eigenvalue weighted by Gasteiger charge is 2.32. The fourth-order valence-electron chi connectivity index (χ4n) is 5.23. The number of rotatable bonds is 7. The van der Waals surface area contributed by atoms with Gasteiger partial charge in [0.1, 0.15) is 0 Å². The Hall–Kier alpha value is -2.67.